The van der Waals surface area contributed by atoms with Gasteiger partial charge in [-0.2, -0.15) is 0 Å². The van der Waals surface area contributed by atoms with Crippen LogP contribution in [0, 0.1) is 11.8 Å². The topological polar surface area (TPSA) is 54.4 Å². The Kier molecular flexibility index (Phi) is 2.62. The van der Waals surface area contributed by atoms with Gasteiger partial charge < -0.3 is 5.11 Å². The Hall–Kier alpha value is -1.60. The molecule has 1 N–H and O–H groups in total. The zero-order valence-corrected chi connectivity index (χ0v) is 6.72. The number of carboxylic acids is 1. The molecule has 0 atom stereocenters. The van der Waals surface area contributed by atoms with Crippen molar-refractivity contribution in [3.63, 3.8) is 0 Å². The molecule has 0 saturated carbocycles. The van der Waals surface area contributed by atoms with Gasteiger partial charge in [0.15, 0.2) is 6.29 Å². The van der Waals surface area contributed by atoms with Crippen LogP contribution in [0.3, 0.4) is 0 Å². The maximum atomic E-state index is 10.5. The molecule has 12 heavy (non-hydrogen) atoms. The Morgan fingerprint density at radius 3 is 3.00 bits per heavy atom. The lowest BCUT2D eigenvalue weighted by Crippen LogP contribution is -1.95. The summed E-state index contributed by atoms with van der Waals surface area (Å²) in [4.78, 5) is 20.8. The summed E-state index contributed by atoms with van der Waals surface area (Å²) in [6.07, 6.45) is 0.436. The van der Waals surface area contributed by atoms with E-state index in [4.69, 9.17) is 5.11 Å². The number of carbonyl (C=O) groups excluding carboxylic acids is 1. The highest BCUT2D eigenvalue weighted by molar-refractivity contribution is 7.10. The fourth-order valence-corrected chi connectivity index (χ4v) is 1.41. The van der Waals surface area contributed by atoms with Gasteiger partial charge >= 0.3 is 5.97 Å². The Bertz CT molecular complexity index is 367. The lowest BCUT2D eigenvalue weighted by Gasteiger charge is -1.86. The van der Waals surface area contributed by atoms with Crippen LogP contribution >= 0.6 is 11.3 Å². The molecule has 0 saturated heterocycles. The van der Waals surface area contributed by atoms with Crippen LogP contribution in [-0.4, -0.2) is 17.4 Å². The summed E-state index contributed by atoms with van der Waals surface area (Å²) >= 11 is 1.20. The standard InChI is InChI=1S/C8H4O3S/c9-4-1-2-7-6(8(10)11)3-5-12-7/h3-5H,(H,10,11). The smallest absolute Gasteiger partial charge is 0.337 e. The Balaban J connectivity index is 3.07. The minimum atomic E-state index is -1.02. The molecule has 4 heteroatoms. The van der Waals surface area contributed by atoms with Gasteiger partial charge in [0.25, 0.3) is 0 Å². The molecule has 0 aliphatic carbocycles. The molecule has 0 fully saturated rings. The van der Waals surface area contributed by atoms with Gasteiger partial charge in [-0.05, 0) is 23.3 Å². The van der Waals surface area contributed by atoms with E-state index < -0.39 is 5.97 Å². The number of rotatable bonds is 1. The van der Waals surface area contributed by atoms with E-state index in [0.717, 1.165) is 0 Å². The largest absolute Gasteiger partial charge is 0.478 e. The molecule has 0 unspecified atom stereocenters. The van der Waals surface area contributed by atoms with E-state index >= 15 is 0 Å². The van der Waals surface area contributed by atoms with Crippen molar-refractivity contribution in [2.24, 2.45) is 0 Å². The molecule has 60 valence electrons. The van der Waals surface area contributed by atoms with Crippen LogP contribution in [-0.2, 0) is 4.79 Å². The van der Waals surface area contributed by atoms with Gasteiger partial charge in [-0.1, -0.05) is 0 Å². The number of hydrogen-bond donors (Lipinski definition) is 1. The van der Waals surface area contributed by atoms with Crippen LogP contribution in [0.25, 0.3) is 0 Å². The van der Waals surface area contributed by atoms with Crippen LogP contribution in [0.4, 0.5) is 0 Å². The number of thiophene rings is 1. The zero-order valence-electron chi connectivity index (χ0n) is 5.90. The highest BCUT2D eigenvalue weighted by atomic mass is 32.1. The lowest BCUT2D eigenvalue weighted by atomic mass is 10.2. The highest BCUT2D eigenvalue weighted by Crippen LogP contribution is 2.14. The number of aldehydes is 1. The second-order valence-corrected chi connectivity index (χ2v) is 2.77. The van der Waals surface area contributed by atoms with Crippen molar-refractivity contribution >= 4 is 23.6 Å². The summed E-state index contributed by atoms with van der Waals surface area (Å²) in [5, 5.41) is 10.2. The second kappa shape index (κ2) is 3.69. The molecule has 3 nitrogen and oxygen atoms in total. The molecular weight excluding hydrogens is 176 g/mol. The minimum absolute atomic E-state index is 0.148. The molecule has 1 rings (SSSR count). The summed E-state index contributed by atoms with van der Waals surface area (Å²) in [6, 6.07) is 1.46. The predicted molar refractivity (Wildman–Crippen MR) is 44.2 cm³/mol. The molecule has 0 aromatic carbocycles. The molecule has 1 aromatic heterocycles. The van der Waals surface area contributed by atoms with Crippen molar-refractivity contribution in [3.05, 3.63) is 21.9 Å². The third kappa shape index (κ3) is 1.71. The number of aromatic carboxylic acids is 1. The maximum absolute atomic E-state index is 10.5. The summed E-state index contributed by atoms with van der Waals surface area (Å²) in [7, 11) is 0. The zero-order chi connectivity index (χ0) is 8.97. The monoisotopic (exact) mass is 180 g/mol. The van der Waals surface area contributed by atoms with Gasteiger partial charge in [-0.3, -0.25) is 4.79 Å². The molecule has 0 radical (unpaired) electrons. The van der Waals surface area contributed by atoms with Crippen LogP contribution in [0.15, 0.2) is 11.4 Å². The van der Waals surface area contributed by atoms with Crippen molar-refractivity contribution in [1.29, 1.82) is 0 Å². The SMILES string of the molecule is O=CC#Cc1sccc1C(=O)O. The van der Waals surface area contributed by atoms with Crippen LogP contribution in [0.2, 0.25) is 0 Å². The van der Waals surface area contributed by atoms with Crippen molar-refractivity contribution < 1.29 is 14.7 Å². The molecule has 1 heterocycles. The van der Waals surface area contributed by atoms with Gasteiger partial charge in [0.2, 0.25) is 0 Å². The van der Waals surface area contributed by atoms with Crippen LogP contribution in [0.1, 0.15) is 15.2 Å². The van der Waals surface area contributed by atoms with Crippen molar-refractivity contribution in [2.45, 2.75) is 0 Å². The average molecular weight is 180 g/mol. The van der Waals surface area contributed by atoms with Crippen LogP contribution < -0.4 is 0 Å². The molecule has 0 aliphatic heterocycles. The van der Waals surface area contributed by atoms with Gasteiger partial charge in [0.1, 0.15) is 0 Å². The summed E-state index contributed by atoms with van der Waals surface area (Å²) in [6.45, 7) is 0. The summed E-state index contributed by atoms with van der Waals surface area (Å²) < 4.78 is 0. The van der Waals surface area contributed by atoms with E-state index in [0.29, 0.717) is 11.2 Å². The molecular formula is C8H4O3S. The Morgan fingerprint density at radius 2 is 2.42 bits per heavy atom. The van der Waals surface area contributed by atoms with Crippen LogP contribution in [0.5, 0.6) is 0 Å². The van der Waals surface area contributed by atoms with Gasteiger partial charge in [-0.25, -0.2) is 4.79 Å². The van der Waals surface area contributed by atoms with E-state index in [9.17, 15) is 9.59 Å². The molecule has 0 spiro atoms. The third-order valence-electron chi connectivity index (χ3n) is 1.14. The predicted octanol–water partition coefficient (Wildman–Crippen LogP) is 0.997. The van der Waals surface area contributed by atoms with E-state index in [2.05, 4.69) is 11.8 Å². The van der Waals surface area contributed by atoms with Gasteiger partial charge in [-0.15, -0.1) is 11.3 Å². The fraction of sp³-hybridized carbons (Fsp3) is 0. The molecule has 0 bridgehead atoms. The van der Waals surface area contributed by atoms with Crippen molar-refractivity contribution in [3.8, 4) is 11.8 Å². The first-order chi connectivity index (χ1) is 5.75. The first-order valence-corrected chi connectivity index (χ1v) is 3.89. The third-order valence-corrected chi connectivity index (χ3v) is 1.97. The Morgan fingerprint density at radius 1 is 1.67 bits per heavy atom. The first kappa shape index (κ1) is 8.50. The summed E-state index contributed by atoms with van der Waals surface area (Å²) in [5.74, 6) is 3.58. The van der Waals surface area contributed by atoms with Gasteiger partial charge in [0.05, 0.1) is 10.4 Å². The van der Waals surface area contributed by atoms with E-state index in [1.807, 2.05) is 0 Å². The normalized spacial score (nSPS) is 8.33. The maximum Gasteiger partial charge on any atom is 0.337 e. The summed E-state index contributed by atoms with van der Waals surface area (Å²) in [5.41, 5.74) is 0.148. The first-order valence-electron chi connectivity index (χ1n) is 3.01. The number of hydrogen-bond acceptors (Lipinski definition) is 3. The molecule has 0 amide bonds. The number of carbonyl (C=O) groups is 2. The molecule has 0 aliphatic rings. The van der Waals surface area contributed by atoms with Crippen molar-refractivity contribution in [2.75, 3.05) is 0 Å². The lowest BCUT2D eigenvalue weighted by molar-refractivity contribution is -0.103. The fourth-order valence-electron chi connectivity index (χ4n) is 0.669. The molecule has 1 aromatic rings. The highest BCUT2D eigenvalue weighted by Gasteiger charge is 2.08. The Labute approximate surface area is 72.6 Å². The van der Waals surface area contributed by atoms with E-state index in [-0.39, 0.29) is 5.56 Å². The quantitative estimate of drug-likeness (QED) is 0.518. The average Bonchev–Trinajstić information content (AvgIpc) is 2.48. The van der Waals surface area contributed by atoms with E-state index in [1.54, 1.807) is 5.38 Å². The van der Waals surface area contributed by atoms with E-state index in [1.165, 1.54) is 17.4 Å². The minimum Gasteiger partial charge on any atom is -0.478 e. The second-order valence-electron chi connectivity index (χ2n) is 1.86. The van der Waals surface area contributed by atoms with Gasteiger partial charge in [0, 0.05) is 0 Å². The van der Waals surface area contributed by atoms with Crippen molar-refractivity contribution in [1.82, 2.24) is 0 Å². The number of carboxylic acid groups (broad SMARTS) is 1.